The van der Waals surface area contributed by atoms with Gasteiger partial charge in [-0.1, -0.05) is 0 Å². The number of nitrogens with zero attached hydrogens (tertiary/aromatic N) is 3. The van der Waals surface area contributed by atoms with Crippen LogP contribution in [0, 0.1) is 5.82 Å². The van der Waals surface area contributed by atoms with E-state index in [1.54, 1.807) is 28.9 Å². The van der Waals surface area contributed by atoms with Crippen LogP contribution in [0.25, 0.3) is 16.9 Å². The van der Waals surface area contributed by atoms with Gasteiger partial charge in [0.25, 0.3) is 0 Å². The molecule has 0 bridgehead atoms. The number of benzene rings is 1. The maximum atomic E-state index is 12.8. The lowest BCUT2D eigenvalue weighted by molar-refractivity contribution is 0.628. The Kier molecular flexibility index (Phi) is 2.04. The second-order valence-corrected chi connectivity index (χ2v) is 3.69. The molecule has 5 heteroatoms. The quantitative estimate of drug-likeness (QED) is 0.694. The minimum atomic E-state index is -0.264. The number of nitrogens with two attached hydrogens (primary N) is 1. The van der Waals surface area contributed by atoms with Crippen molar-refractivity contribution in [3.63, 3.8) is 0 Å². The third kappa shape index (κ3) is 1.71. The normalized spacial score (nSPS) is 10.9. The standard InChI is InChI=1S/C12H9FN4/c13-9-3-1-8(2-4-9)10-7-12-15-11(14)5-6-17(12)16-10/h1-7H,(H2,14,15). The number of aromatic nitrogens is 3. The van der Waals surface area contributed by atoms with Crippen molar-refractivity contribution < 1.29 is 4.39 Å². The van der Waals surface area contributed by atoms with E-state index in [4.69, 9.17) is 5.73 Å². The molecule has 2 heterocycles. The number of anilines is 1. The molecule has 4 nitrogen and oxygen atoms in total. The Morgan fingerprint density at radius 3 is 2.65 bits per heavy atom. The van der Waals surface area contributed by atoms with Crippen LogP contribution in [0.4, 0.5) is 10.2 Å². The fraction of sp³-hybridized carbons (Fsp3) is 0. The van der Waals surface area contributed by atoms with E-state index in [1.165, 1.54) is 12.1 Å². The zero-order valence-corrected chi connectivity index (χ0v) is 8.84. The highest BCUT2D eigenvalue weighted by Crippen LogP contribution is 2.19. The van der Waals surface area contributed by atoms with E-state index in [2.05, 4.69) is 10.1 Å². The van der Waals surface area contributed by atoms with Gasteiger partial charge < -0.3 is 5.73 Å². The molecule has 0 saturated heterocycles. The zero-order valence-electron chi connectivity index (χ0n) is 8.84. The number of nitrogen functional groups attached to an aromatic ring is 1. The molecule has 0 saturated carbocycles. The first kappa shape index (κ1) is 9.77. The van der Waals surface area contributed by atoms with Crippen LogP contribution in [-0.2, 0) is 0 Å². The summed E-state index contributed by atoms with van der Waals surface area (Å²) in [4.78, 5) is 4.14. The molecule has 0 unspecified atom stereocenters. The van der Waals surface area contributed by atoms with Crippen molar-refractivity contribution in [3.05, 3.63) is 48.4 Å². The molecule has 0 aliphatic rings. The summed E-state index contributed by atoms with van der Waals surface area (Å²) < 4.78 is 14.4. The van der Waals surface area contributed by atoms with Crippen molar-refractivity contribution in [3.8, 4) is 11.3 Å². The van der Waals surface area contributed by atoms with Gasteiger partial charge in [0.05, 0.1) is 5.69 Å². The summed E-state index contributed by atoms with van der Waals surface area (Å²) in [6.45, 7) is 0. The third-order valence-corrected chi connectivity index (χ3v) is 2.49. The van der Waals surface area contributed by atoms with Gasteiger partial charge in [0, 0.05) is 17.8 Å². The fourth-order valence-corrected chi connectivity index (χ4v) is 1.66. The monoisotopic (exact) mass is 228 g/mol. The minimum Gasteiger partial charge on any atom is -0.384 e. The summed E-state index contributed by atoms with van der Waals surface area (Å²) in [6, 6.07) is 9.65. The van der Waals surface area contributed by atoms with Crippen molar-refractivity contribution in [2.45, 2.75) is 0 Å². The van der Waals surface area contributed by atoms with Gasteiger partial charge in [-0.25, -0.2) is 13.9 Å². The molecular weight excluding hydrogens is 219 g/mol. The van der Waals surface area contributed by atoms with Crippen LogP contribution in [0.5, 0.6) is 0 Å². The summed E-state index contributed by atoms with van der Waals surface area (Å²) in [7, 11) is 0. The number of hydrogen-bond acceptors (Lipinski definition) is 3. The molecular formula is C12H9FN4. The van der Waals surface area contributed by atoms with Crippen LogP contribution in [0.1, 0.15) is 0 Å². The van der Waals surface area contributed by atoms with E-state index in [0.717, 1.165) is 11.3 Å². The summed E-state index contributed by atoms with van der Waals surface area (Å²) in [5.74, 6) is 0.183. The topological polar surface area (TPSA) is 56.2 Å². The lowest BCUT2D eigenvalue weighted by atomic mass is 10.1. The van der Waals surface area contributed by atoms with Crippen LogP contribution in [0.2, 0.25) is 0 Å². The molecule has 0 fully saturated rings. The first-order valence-electron chi connectivity index (χ1n) is 5.10. The van der Waals surface area contributed by atoms with Gasteiger partial charge >= 0.3 is 0 Å². The van der Waals surface area contributed by atoms with Gasteiger partial charge in [0.1, 0.15) is 11.6 Å². The summed E-state index contributed by atoms with van der Waals surface area (Å²) in [5.41, 5.74) is 7.84. The van der Waals surface area contributed by atoms with Gasteiger partial charge in [-0.2, -0.15) is 5.10 Å². The van der Waals surface area contributed by atoms with Gasteiger partial charge in [-0.05, 0) is 30.3 Å². The van der Waals surface area contributed by atoms with E-state index in [-0.39, 0.29) is 5.82 Å². The minimum absolute atomic E-state index is 0.264. The van der Waals surface area contributed by atoms with E-state index >= 15 is 0 Å². The second-order valence-electron chi connectivity index (χ2n) is 3.69. The van der Waals surface area contributed by atoms with Crippen LogP contribution < -0.4 is 5.73 Å². The molecule has 3 rings (SSSR count). The summed E-state index contributed by atoms with van der Waals surface area (Å²) >= 11 is 0. The zero-order chi connectivity index (χ0) is 11.8. The molecule has 84 valence electrons. The van der Waals surface area contributed by atoms with Crippen LogP contribution in [-0.4, -0.2) is 14.6 Å². The van der Waals surface area contributed by atoms with Gasteiger partial charge in [-0.3, -0.25) is 0 Å². The maximum absolute atomic E-state index is 12.8. The molecule has 0 atom stereocenters. The largest absolute Gasteiger partial charge is 0.384 e. The van der Waals surface area contributed by atoms with Crippen LogP contribution >= 0.6 is 0 Å². The maximum Gasteiger partial charge on any atom is 0.157 e. The van der Waals surface area contributed by atoms with Crippen molar-refractivity contribution in [1.29, 1.82) is 0 Å². The Balaban J connectivity index is 2.14. The lowest BCUT2D eigenvalue weighted by Gasteiger charge is -1.94. The Labute approximate surface area is 96.5 Å². The van der Waals surface area contributed by atoms with E-state index in [1.807, 2.05) is 6.07 Å². The number of halogens is 1. The lowest BCUT2D eigenvalue weighted by Crippen LogP contribution is -1.94. The molecule has 0 spiro atoms. The predicted molar refractivity (Wildman–Crippen MR) is 62.8 cm³/mol. The smallest absolute Gasteiger partial charge is 0.157 e. The van der Waals surface area contributed by atoms with Crippen molar-refractivity contribution >= 4 is 11.5 Å². The average molecular weight is 228 g/mol. The highest BCUT2D eigenvalue weighted by Gasteiger charge is 2.05. The van der Waals surface area contributed by atoms with Crippen LogP contribution in [0.15, 0.2) is 42.6 Å². The van der Waals surface area contributed by atoms with Crippen molar-refractivity contribution in [2.24, 2.45) is 0 Å². The molecule has 0 aliphatic heterocycles. The Morgan fingerprint density at radius 1 is 1.12 bits per heavy atom. The third-order valence-electron chi connectivity index (χ3n) is 2.49. The molecule has 2 N–H and O–H groups in total. The van der Waals surface area contributed by atoms with Crippen molar-refractivity contribution in [1.82, 2.24) is 14.6 Å². The van der Waals surface area contributed by atoms with Gasteiger partial charge in [0.15, 0.2) is 5.65 Å². The van der Waals surface area contributed by atoms with Gasteiger partial charge in [0.2, 0.25) is 0 Å². The van der Waals surface area contributed by atoms with E-state index < -0.39 is 0 Å². The highest BCUT2D eigenvalue weighted by molar-refractivity contribution is 5.64. The summed E-state index contributed by atoms with van der Waals surface area (Å²) in [5, 5.41) is 4.33. The van der Waals surface area contributed by atoms with E-state index in [0.29, 0.717) is 11.5 Å². The first-order valence-corrected chi connectivity index (χ1v) is 5.10. The van der Waals surface area contributed by atoms with E-state index in [9.17, 15) is 4.39 Å². The first-order chi connectivity index (χ1) is 8.22. The average Bonchev–Trinajstić information content (AvgIpc) is 2.72. The molecule has 1 aromatic carbocycles. The van der Waals surface area contributed by atoms with Gasteiger partial charge in [-0.15, -0.1) is 0 Å². The Bertz CT molecular complexity index is 673. The molecule has 17 heavy (non-hydrogen) atoms. The molecule has 0 amide bonds. The molecule has 3 aromatic rings. The number of fused-ring (bicyclic) bond motifs is 1. The Morgan fingerprint density at radius 2 is 1.88 bits per heavy atom. The molecule has 0 radical (unpaired) electrons. The SMILES string of the molecule is Nc1ccn2nc(-c3ccc(F)cc3)cc2n1. The van der Waals surface area contributed by atoms with Crippen molar-refractivity contribution in [2.75, 3.05) is 5.73 Å². The molecule has 2 aromatic heterocycles. The number of hydrogen-bond donors (Lipinski definition) is 1. The summed E-state index contributed by atoms with van der Waals surface area (Å²) in [6.07, 6.45) is 1.74. The highest BCUT2D eigenvalue weighted by atomic mass is 19.1. The van der Waals surface area contributed by atoms with Crippen LogP contribution in [0.3, 0.4) is 0 Å². The molecule has 0 aliphatic carbocycles. The second kappa shape index (κ2) is 3.55. The Hall–Kier alpha value is -2.43. The predicted octanol–water partition coefficient (Wildman–Crippen LogP) is 2.12. The number of rotatable bonds is 1. The fourth-order valence-electron chi connectivity index (χ4n) is 1.66.